The van der Waals surface area contributed by atoms with Crippen LogP contribution in [0.5, 0.6) is 5.75 Å². The summed E-state index contributed by atoms with van der Waals surface area (Å²) in [4.78, 5) is 6.71. The van der Waals surface area contributed by atoms with E-state index in [0.717, 1.165) is 59.3 Å². The summed E-state index contributed by atoms with van der Waals surface area (Å²) >= 11 is 0. The van der Waals surface area contributed by atoms with Crippen molar-refractivity contribution in [1.29, 1.82) is 0 Å². The van der Waals surface area contributed by atoms with Gasteiger partial charge in [-0.25, -0.2) is 0 Å². The molecule has 4 aromatic rings. The van der Waals surface area contributed by atoms with E-state index in [2.05, 4.69) is 30.5 Å². The normalized spacial score (nSPS) is 14.4. The van der Waals surface area contributed by atoms with E-state index in [-0.39, 0.29) is 0 Å². The van der Waals surface area contributed by atoms with Crippen molar-refractivity contribution in [3.05, 3.63) is 48.4 Å². The standard InChI is InChI=1S/C20H21N7O/c1-13-23-24-19-5-6-20(25-27(13)19)26-11-14(12-26)10-22-18-7-8-21-17-4-3-15(28-2)9-16(17)18/h3-9,14H,10-12H2,1-2H3,(H,21,22). The van der Waals surface area contributed by atoms with Crippen molar-refractivity contribution < 1.29 is 4.74 Å². The van der Waals surface area contributed by atoms with Crippen molar-refractivity contribution in [3.8, 4) is 5.75 Å². The number of benzene rings is 1. The molecule has 0 radical (unpaired) electrons. The molecular formula is C20H21N7O. The van der Waals surface area contributed by atoms with Gasteiger partial charge in [0.2, 0.25) is 0 Å². The summed E-state index contributed by atoms with van der Waals surface area (Å²) in [5, 5.41) is 17.4. The Morgan fingerprint density at radius 1 is 1.14 bits per heavy atom. The fraction of sp³-hybridized carbons (Fsp3) is 0.300. The van der Waals surface area contributed by atoms with Crippen molar-refractivity contribution in [1.82, 2.24) is 24.8 Å². The molecule has 0 amide bonds. The Bertz CT molecular complexity index is 1150. The molecule has 1 aliphatic rings. The van der Waals surface area contributed by atoms with Gasteiger partial charge < -0.3 is 15.0 Å². The van der Waals surface area contributed by atoms with E-state index in [9.17, 15) is 0 Å². The molecule has 1 aromatic carbocycles. The van der Waals surface area contributed by atoms with Crippen LogP contribution < -0.4 is 15.0 Å². The highest BCUT2D eigenvalue weighted by molar-refractivity contribution is 5.92. The number of hydrogen-bond donors (Lipinski definition) is 1. The Balaban J connectivity index is 1.25. The Morgan fingerprint density at radius 3 is 2.89 bits per heavy atom. The fourth-order valence-electron chi connectivity index (χ4n) is 3.60. The van der Waals surface area contributed by atoms with Crippen molar-refractivity contribution in [2.75, 3.05) is 37.0 Å². The Morgan fingerprint density at radius 2 is 2.04 bits per heavy atom. The van der Waals surface area contributed by atoms with E-state index in [1.807, 2.05) is 49.5 Å². The number of fused-ring (bicyclic) bond motifs is 2. The van der Waals surface area contributed by atoms with Gasteiger partial charge in [-0.2, -0.15) is 4.52 Å². The minimum Gasteiger partial charge on any atom is -0.497 e. The fourth-order valence-corrected chi connectivity index (χ4v) is 3.60. The lowest BCUT2D eigenvalue weighted by atomic mass is 10.00. The van der Waals surface area contributed by atoms with Crippen LogP contribution in [-0.4, -0.2) is 51.5 Å². The topological polar surface area (TPSA) is 80.5 Å². The largest absolute Gasteiger partial charge is 0.497 e. The number of nitrogens with zero attached hydrogens (tertiary/aromatic N) is 6. The van der Waals surface area contributed by atoms with E-state index in [0.29, 0.717) is 5.92 Å². The molecule has 0 bridgehead atoms. The predicted octanol–water partition coefficient (Wildman–Crippen LogP) is 2.54. The summed E-state index contributed by atoms with van der Waals surface area (Å²) in [7, 11) is 1.68. The Kier molecular flexibility index (Phi) is 3.96. The van der Waals surface area contributed by atoms with E-state index in [1.54, 1.807) is 11.6 Å². The molecule has 1 fully saturated rings. The molecule has 0 atom stereocenters. The zero-order valence-electron chi connectivity index (χ0n) is 15.8. The Hall–Kier alpha value is -3.42. The molecule has 3 aromatic heterocycles. The number of ether oxygens (including phenoxy) is 1. The number of rotatable bonds is 5. The van der Waals surface area contributed by atoms with Crippen LogP contribution in [0.3, 0.4) is 0 Å². The number of pyridine rings is 1. The molecule has 1 N–H and O–H groups in total. The molecule has 1 saturated heterocycles. The van der Waals surface area contributed by atoms with Crippen LogP contribution in [0.1, 0.15) is 5.82 Å². The van der Waals surface area contributed by atoms with Crippen LogP contribution in [0.4, 0.5) is 11.5 Å². The lowest BCUT2D eigenvalue weighted by Gasteiger charge is -2.40. The molecule has 0 aliphatic carbocycles. The lowest BCUT2D eigenvalue weighted by Crippen LogP contribution is -2.50. The number of aryl methyl sites for hydroxylation is 1. The molecule has 5 rings (SSSR count). The SMILES string of the molecule is COc1ccc2nccc(NCC3CN(c4ccc5nnc(C)n5n4)C3)c2c1. The summed E-state index contributed by atoms with van der Waals surface area (Å²) < 4.78 is 7.14. The highest BCUT2D eigenvalue weighted by atomic mass is 16.5. The van der Waals surface area contributed by atoms with Gasteiger partial charge in [0, 0.05) is 42.8 Å². The first kappa shape index (κ1) is 16.7. The number of hydrogen-bond acceptors (Lipinski definition) is 7. The summed E-state index contributed by atoms with van der Waals surface area (Å²) in [6, 6.07) is 11.9. The van der Waals surface area contributed by atoms with Gasteiger partial charge in [-0.15, -0.1) is 15.3 Å². The van der Waals surface area contributed by atoms with Gasteiger partial charge in [-0.3, -0.25) is 4.98 Å². The van der Waals surface area contributed by atoms with Crippen LogP contribution in [0.15, 0.2) is 42.6 Å². The van der Waals surface area contributed by atoms with Crippen LogP contribution in [0.25, 0.3) is 16.6 Å². The van der Waals surface area contributed by atoms with E-state index in [1.165, 1.54) is 0 Å². The second kappa shape index (κ2) is 6.63. The van der Waals surface area contributed by atoms with E-state index < -0.39 is 0 Å². The number of nitrogens with one attached hydrogen (secondary N) is 1. The highest BCUT2D eigenvalue weighted by Crippen LogP contribution is 2.28. The zero-order chi connectivity index (χ0) is 19.1. The number of aromatic nitrogens is 5. The molecule has 8 nitrogen and oxygen atoms in total. The second-order valence-corrected chi connectivity index (χ2v) is 7.10. The van der Waals surface area contributed by atoms with E-state index >= 15 is 0 Å². The maximum Gasteiger partial charge on any atom is 0.178 e. The molecule has 8 heteroatoms. The summed E-state index contributed by atoms with van der Waals surface area (Å²) in [6.45, 7) is 4.76. The third-order valence-corrected chi connectivity index (χ3v) is 5.22. The van der Waals surface area contributed by atoms with Gasteiger partial charge in [0.1, 0.15) is 11.6 Å². The third kappa shape index (κ3) is 2.87. The molecule has 1 aliphatic heterocycles. The molecule has 0 saturated carbocycles. The maximum atomic E-state index is 5.35. The maximum absolute atomic E-state index is 5.35. The third-order valence-electron chi connectivity index (χ3n) is 5.22. The Labute approximate surface area is 162 Å². The predicted molar refractivity (Wildman–Crippen MR) is 108 cm³/mol. The van der Waals surface area contributed by atoms with Gasteiger partial charge in [0.05, 0.1) is 12.6 Å². The van der Waals surface area contributed by atoms with Gasteiger partial charge in [0.15, 0.2) is 11.5 Å². The second-order valence-electron chi connectivity index (χ2n) is 7.10. The first-order chi connectivity index (χ1) is 13.7. The molecule has 4 heterocycles. The van der Waals surface area contributed by atoms with Crippen molar-refractivity contribution in [2.45, 2.75) is 6.92 Å². The molecule has 0 spiro atoms. The molecular weight excluding hydrogens is 354 g/mol. The van der Waals surface area contributed by atoms with Crippen LogP contribution in [0.2, 0.25) is 0 Å². The summed E-state index contributed by atoms with van der Waals surface area (Å²) in [6.07, 6.45) is 1.84. The first-order valence-corrected chi connectivity index (χ1v) is 9.32. The van der Waals surface area contributed by atoms with Crippen molar-refractivity contribution >= 4 is 28.1 Å². The minimum absolute atomic E-state index is 0.563. The van der Waals surface area contributed by atoms with E-state index in [4.69, 9.17) is 4.74 Å². The van der Waals surface area contributed by atoms with Crippen molar-refractivity contribution in [2.24, 2.45) is 5.92 Å². The first-order valence-electron chi connectivity index (χ1n) is 9.32. The van der Waals surface area contributed by atoms with Gasteiger partial charge in [-0.1, -0.05) is 0 Å². The van der Waals surface area contributed by atoms with Crippen LogP contribution in [0, 0.1) is 12.8 Å². The summed E-state index contributed by atoms with van der Waals surface area (Å²) in [5.74, 6) is 3.17. The van der Waals surface area contributed by atoms with Gasteiger partial charge >= 0.3 is 0 Å². The smallest absolute Gasteiger partial charge is 0.178 e. The highest BCUT2D eigenvalue weighted by Gasteiger charge is 2.28. The van der Waals surface area contributed by atoms with Crippen LogP contribution in [-0.2, 0) is 0 Å². The molecule has 142 valence electrons. The molecule has 28 heavy (non-hydrogen) atoms. The average molecular weight is 375 g/mol. The minimum atomic E-state index is 0.563. The lowest BCUT2D eigenvalue weighted by molar-refractivity contribution is 0.415. The van der Waals surface area contributed by atoms with Crippen molar-refractivity contribution in [3.63, 3.8) is 0 Å². The van der Waals surface area contributed by atoms with Crippen LogP contribution >= 0.6 is 0 Å². The van der Waals surface area contributed by atoms with Gasteiger partial charge in [0.25, 0.3) is 0 Å². The van der Waals surface area contributed by atoms with Gasteiger partial charge in [-0.05, 0) is 43.3 Å². The average Bonchev–Trinajstić information content (AvgIpc) is 3.07. The summed E-state index contributed by atoms with van der Waals surface area (Å²) in [5.41, 5.74) is 2.82. The number of anilines is 2. The number of methoxy groups -OCH3 is 1. The molecule has 0 unspecified atom stereocenters. The monoisotopic (exact) mass is 375 g/mol. The quantitative estimate of drug-likeness (QED) is 0.574. The zero-order valence-corrected chi connectivity index (χ0v) is 15.8.